The van der Waals surface area contributed by atoms with Gasteiger partial charge in [-0.3, -0.25) is 4.79 Å². The van der Waals surface area contributed by atoms with E-state index in [4.69, 9.17) is 0 Å². The Bertz CT molecular complexity index is 170. The Kier molecular flexibility index (Phi) is 3.44. The third kappa shape index (κ3) is 2.16. The quantitative estimate of drug-likeness (QED) is 0.712. The number of carbonyl (C=O) groups excluding carboxylic acids is 1. The van der Waals surface area contributed by atoms with Crippen molar-refractivity contribution >= 4 is 17.7 Å². The van der Waals surface area contributed by atoms with Crippen molar-refractivity contribution < 1.29 is 4.79 Å². The van der Waals surface area contributed by atoms with Crippen molar-refractivity contribution in [2.75, 3.05) is 5.75 Å². The number of nitrogens with one attached hydrogen (secondary N) is 1. The summed E-state index contributed by atoms with van der Waals surface area (Å²) in [5, 5.41) is 3.64. The maximum absolute atomic E-state index is 11.1. The Morgan fingerprint density at radius 2 is 2.33 bits per heavy atom. The lowest BCUT2D eigenvalue weighted by atomic mass is 10.0. The van der Waals surface area contributed by atoms with Gasteiger partial charge in [0.05, 0.1) is 5.75 Å². The molecule has 1 amide bonds. The van der Waals surface area contributed by atoms with Crippen LogP contribution in [0.2, 0.25) is 0 Å². The molecule has 1 rings (SSSR count). The molecule has 0 spiro atoms. The number of hydrogen-bond acceptors (Lipinski definition) is 2. The van der Waals surface area contributed by atoms with E-state index in [1.807, 2.05) is 0 Å². The molecule has 2 atom stereocenters. The van der Waals surface area contributed by atoms with E-state index in [9.17, 15) is 4.79 Å². The van der Waals surface area contributed by atoms with Crippen molar-refractivity contribution in [3.05, 3.63) is 0 Å². The molecule has 0 aromatic carbocycles. The SMILES string of the molecule is CCC1NC(=O)CSC1C(C)C. The number of amides is 1. The molecule has 0 aromatic rings. The molecule has 1 saturated heterocycles. The molecule has 12 heavy (non-hydrogen) atoms. The summed E-state index contributed by atoms with van der Waals surface area (Å²) in [5.74, 6) is 1.49. The Hall–Kier alpha value is -0.180. The van der Waals surface area contributed by atoms with Crippen molar-refractivity contribution in [1.82, 2.24) is 5.32 Å². The highest BCUT2D eigenvalue weighted by molar-refractivity contribution is 8.00. The molecule has 1 aliphatic heterocycles. The second kappa shape index (κ2) is 4.17. The van der Waals surface area contributed by atoms with Crippen molar-refractivity contribution in [2.45, 2.75) is 38.5 Å². The van der Waals surface area contributed by atoms with Crippen LogP contribution in [0.3, 0.4) is 0 Å². The highest BCUT2D eigenvalue weighted by atomic mass is 32.2. The van der Waals surface area contributed by atoms with Crippen molar-refractivity contribution in [2.24, 2.45) is 5.92 Å². The van der Waals surface area contributed by atoms with Crippen LogP contribution >= 0.6 is 11.8 Å². The van der Waals surface area contributed by atoms with Crippen LogP contribution in [0.25, 0.3) is 0 Å². The molecule has 0 aromatic heterocycles. The minimum absolute atomic E-state index is 0.198. The first-order valence-corrected chi connectivity index (χ1v) is 5.61. The molecule has 0 saturated carbocycles. The number of thioether (sulfide) groups is 1. The zero-order chi connectivity index (χ0) is 9.14. The average Bonchev–Trinajstić information content (AvgIpc) is 2.03. The summed E-state index contributed by atoms with van der Waals surface area (Å²) in [6, 6.07) is 0.385. The van der Waals surface area contributed by atoms with Crippen LogP contribution in [0, 0.1) is 5.92 Å². The van der Waals surface area contributed by atoms with Crippen LogP contribution in [-0.2, 0) is 4.79 Å². The topological polar surface area (TPSA) is 29.1 Å². The smallest absolute Gasteiger partial charge is 0.230 e. The van der Waals surface area contributed by atoms with Crippen LogP contribution in [-0.4, -0.2) is 23.0 Å². The summed E-state index contributed by atoms with van der Waals surface area (Å²) in [4.78, 5) is 11.1. The molecule has 0 aliphatic carbocycles. The molecule has 70 valence electrons. The monoisotopic (exact) mass is 187 g/mol. The number of carbonyl (C=O) groups is 1. The summed E-state index contributed by atoms with van der Waals surface area (Å²) >= 11 is 1.80. The molecular formula is C9H17NOS. The van der Waals surface area contributed by atoms with Crippen LogP contribution < -0.4 is 5.32 Å². The molecule has 1 aliphatic rings. The van der Waals surface area contributed by atoms with Crippen LogP contribution in [0.4, 0.5) is 0 Å². The van der Waals surface area contributed by atoms with Crippen LogP contribution in [0.1, 0.15) is 27.2 Å². The summed E-state index contributed by atoms with van der Waals surface area (Å²) in [7, 11) is 0. The minimum Gasteiger partial charge on any atom is -0.352 e. The molecule has 2 nitrogen and oxygen atoms in total. The highest BCUT2D eigenvalue weighted by Crippen LogP contribution is 2.27. The predicted molar refractivity (Wildman–Crippen MR) is 53.3 cm³/mol. The molecule has 1 heterocycles. The zero-order valence-electron chi connectivity index (χ0n) is 7.96. The third-order valence-corrected chi connectivity index (χ3v) is 3.93. The van der Waals surface area contributed by atoms with Gasteiger partial charge in [0.2, 0.25) is 5.91 Å². The Morgan fingerprint density at radius 3 is 2.83 bits per heavy atom. The lowest BCUT2D eigenvalue weighted by Gasteiger charge is -2.33. The van der Waals surface area contributed by atoms with E-state index in [1.165, 1.54) is 0 Å². The Morgan fingerprint density at radius 1 is 1.67 bits per heavy atom. The highest BCUT2D eigenvalue weighted by Gasteiger charge is 2.29. The maximum Gasteiger partial charge on any atom is 0.230 e. The van der Waals surface area contributed by atoms with Gasteiger partial charge in [0.1, 0.15) is 0 Å². The van der Waals surface area contributed by atoms with E-state index in [1.54, 1.807) is 11.8 Å². The summed E-state index contributed by atoms with van der Waals surface area (Å²) in [6.07, 6.45) is 1.04. The van der Waals surface area contributed by atoms with Gasteiger partial charge in [-0.05, 0) is 12.3 Å². The summed E-state index contributed by atoms with van der Waals surface area (Å²) in [5.41, 5.74) is 0. The molecule has 2 unspecified atom stereocenters. The van der Waals surface area contributed by atoms with Crippen LogP contribution in [0.5, 0.6) is 0 Å². The van der Waals surface area contributed by atoms with Gasteiger partial charge >= 0.3 is 0 Å². The fourth-order valence-electron chi connectivity index (χ4n) is 1.61. The predicted octanol–water partition coefficient (Wildman–Crippen LogP) is 1.65. The normalized spacial score (nSPS) is 30.5. The van der Waals surface area contributed by atoms with E-state index < -0.39 is 0 Å². The van der Waals surface area contributed by atoms with E-state index >= 15 is 0 Å². The summed E-state index contributed by atoms with van der Waals surface area (Å²) in [6.45, 7) is 6.57. The number of rotatable bonds is 2. The lowest BCUT2D eigenvalue weighted by Crippen LogP contribution is -2.48. The fraction of sp³-hybridized carbons (Fsp3) is 0.889. The van der Waals surface area contributed by atoms with Gasteiger partial charge in [0, 0.05) is 11.3 Å². The third-order valence-electron chi connectivity index (χ3n) is 2.25. The first-order valence-electron chi connectivity index (χ1n) is 4.56. The van der Waals surface area contributed by atoms with Gasteiger partial charge in [-0.2, -0.15) is 0 Å². The van der Waals surface area contributed by atoms with E-state index in [0.29, 0.717) is 23.0 Å². The summed E-state index contributed by atoms with van der Waals surface area (Å²) < 4.78 is 0. The van der Waals surface area contributed by atoms with E-state index in [-0.39, 0.29) is 5.91 Å². The van der Waals surface area contributed by atoms with Crippen molar-refractivity contribution in [1.29, 1.82) is 0 Å². The van der Waals surface area contributed by atoms with Gasteiger partial charge in [-0.25, -0.2) is 0 Å². The van der Waals surface area contributed by atoms with Gasteiger partial charge in [0.15, 0.2) is 0 Å². The molecular weight excluding hydrogens is 170 g/mol. The first kappa shape index (κ1) is 9.90. The van der Waals surface area contributed by atoms with Gasteiger partial charge in [-0.1, -0.05) is 20.8 Å². The molecule has 0 radical (unpaired) electrons. The van der Waals surface area contributed by atoms with Gasteiger partial charge < -0.3 is 5.32 Å². The maximum atomic E-state index is 11.1. The second-order valence-corrected chi connectivity index (χ2v) is 4.77. The number of hydrogen-bond donors (Lipinski definition) is 1. The molecule has 1 N–H and O–H groups in total. The zero-order valence-corrected chi connectivity index (χ0v) is 8.78. The van der Waals surface area contributed by atoms with Crippen molar-refractivity contribution in [3.8, 4) is 0 Å². The molecule has 1 fully saturated rings. The van der Waals surface area contributed by atoms with Gasteiger partial charge in [0.25, 0.3) is 0 Å². The standard InChI is InChI=1S/C9H17NOS/c1-4-7-9(6(2)3)12-5-8(11)10-7/h6-7,9H,4-5H2,1-3H3,(H,10,11). The first-order chi connectivity index (χ1) is 5.65. The van der Waals surface area contributed by atoms with Crippen LogP contribution in [0.15, 0.2) is 0 Å². The second-order valence-electron chi connectivity index (χ2n) is 3.60. The minimum atomic E-state index is 0.198. The Labute approximate surface area is 78.5 Å². The van der Waals surface area contributed by atoms with Gasteiger partial charge in [-0.15, -0.1) is 11.8 Å². The largest absolute Gasteiger partial charge is 0.352 e. The van der Waals surface area contributed by atoms with Crippen molar-refractivity contribution in [3.63, 3.8) is 0 Å². The molecule has 0 bridgehead atoms. The fourth-order valence-corrected chi connectivity index (χ4v) is 2.91. The van der Waals surface area contributed by atoms with E-state index in [0.717, 1.165) is 6.42 Å². The molecule has 3 heteroatoms. The van der Waals surface area contributed by atoms with E-state index in [2.05, 4.69) is 26.1 Å². The average molecular weight is 187 g/mol. The lowest BCUT2D eigenvalue weighted by molar-refractivity contribution is -0.119. The Balaban J connectivity index is 2.56.